The van der Waals surface area contributed by atoms with Gasteiger partial charge < -0.3 is 19.5 Å². The standard InChI is InChI=1S/C28H32N6O2S.C2H6/c1-4-33(20-12-14-22(35-2)15-13-20)37-25-17-16-23(36-3)18-24(25)30-31-26-27(19-10-11-19)34(32-28(26)29)21-8-6-5-7-9-21;1-2/h5-9,12-15,17-19,23H,4,10-11,16H2,1-3H3,(H2,29,32);1-2H3. The number of anilines is 2. The van der Waals surface area contributed by atoms with Crippen LogP contribution >= 0.6 is 11.9 Å². The van der Waals surface area contributed by atoms with Crippen LogP contribution in [0.15, 0.2) is 87.6 Å². The number of hydrogen-bond donors (Lipinski definition) is 1. The highest BCUT2D eigenvalue weighted by molar-refractivity contribution is 8.04. The van der Waals surface area contributed by atoms with Crippen LogP contribution in [-0.4, -0.2) is 36.6 Å². The average Bonchev–Trinajstić information content (AvgIpc) is 3.79. The summed E-state index contributed by atoms with van der Waals surface area (Å²) in [6.45, 7) is 6.94. The first-order valence-electron chi connectivity index (χ1n) is 13.5. The van der Waals surface area contributed by atoms with Crippen molar-refractivity contribution in [2.45, 2.75) is 52.1 Å². The van der Waals surface area contributed by atoms with Crippen molar-refractivity contribution >= 4 is 29.1 Å². The Bertz CT molecular complexity index is 1310. The maximum absolute atomic E-state index is 6.38. The topological polar surface area (TPSA) is 90.3 Å². The van der Waals surface area contributed by atoms with Crippen LogP contribution in [0.4, 0.5) is 17.2 Å². The first-order chi connectivity index (χ1) is 19.1. The second-order valence-corrected chi connectivity index (χ2v) is 10.0. The summed E-state index contributed by atoms with van der Waals surface area (Å²) in [7, 11) is 3.39. The molecule has 3 aromatic rings. The lowest BCUT2D eigenvalue weighted by Crippen LogP contribution is -2.16. The molecule has 39 heavy (non-hydrogen) atoms. The van der Waals surface area contributed by atoms with Gasteiger partial charge in [0, 0.05) is 25.3 Å². The molecule has 2 aromatic carbocycles. The van der Waals surface area contributed by atoms with Crippen LogP contribution in [0.5, 0.6) is 5.75 Å². The summed E-state index contributed by atoms with van der Waals surface area (Å²) in [4.78, 5) is 1.02. The minimum Gasteiger partial charge on any atom is -0.497 e. The predicted molar refractivity (Wildman–Crippen MR) is 161 cm³/mol. The van der Waals surface area contributed by atoms with Gasteiger partial charge in [0.1, 0.15) is 5.75 Å². The molecular weight excluding hydrogens is 508 g/mol. The number of hydrogen-bond acceptors (Lipinski definition) is 8. The van der Waals surface area contributed by atoms with Gasteiger partial charge in [-0.15, -0.1) is 15.3 Å². The van der Waals surface area contributed by atoms with Crippen molar-refractivity contribution in [2.24, 2.45) is 10.2 Å². The van der Waals surface area contributed by atoms with E-state index in [9.17, 15) is 0 Å². The second-order valence-electron chi connectivity index (χ2n) is 8.95. The maximum atomic E-state index is 6.38. The van der Waals surface area contributed by atoms with Crippen LogP contribution in [0.1, 0.15) is 51.6 Å². The van der Waals surface area contributed by atoms with Crippen LogP contribution in [-0.2, 0) is 4.74 Å². The Labute approximate surface area is 235 Å². The molecule has 1 fully saturated rings. The van der Waals surface area contributed by atoms with Crippen LogP contribution in [0.3, 0.4) is 0 Å². The Morgan fingerprint density at radius 3 is 2.38 bits per heavy atom. The quantitative estimate of drug-likeness (QED) is 0.206. The summed E-state index contributed by atoms with van der Waals surface area (Å²) in [6, 6.07) is 18.1. The van der Waals surface area contributed by atoms with Gasteiger partial charge in [-0.2, -0.15) is 0 Å². The van der Waals surface area contributed by atoms with E-state index < -0.39 is 0 Å². The Kier molecular flexibility index (Phi) is 9.84. The van der Waals surface area contributed by atoms with Crippen molar-refractivity contribution in [3.05, 3.63) is 83.0 Å². The Balaban J connectivity index is 0.00000172. The van der Waals surface area contributed by atoms with Gasteiger partial charge in [-0.3, -0.25) is 0 Å². The fraction of sp³-hybridized carbons (Fsp3) is 0.367. The number of para-hydroxylation sites is 1. The maximum Gasteiger partial charge on any atom is 0.174 e. The summed E-state index contributed by atoms with van der Waals surface area (Å²) >= 11 is 1.64. The zero-order valence-electron chi connectivity index (χ0n) is 23.4. The third-order valence-electron chi connectivity index (χ3n) is 6.43. The first kappa shape index (κ1) is 28.4. The predicted octanol–water partition coefficient (Wildman–Crippen LogP) is 7.81. The summed E-state index contributed by atoms with van der Waals surface area (Å²) < 4.78 is 15.1. The normalized spacial score (nSPS) is 16.8. The summed E-state index contributed by atoms with van der Waals surface area (Å²) in [5, 5.41) is 14.0. The number of ether oxygens (including phenoxy) is 2. The zero-order valence-corrected chi connectivity index (χ0v) is 24.2. The molecule has 0 bridgehead atoms. The van der Waals surface area contributed by atoms with Gasteiger partial charge in [-0.05, 0) is 80.6 Å². The minimum absolute atomic E-state index is 0.0540. The number of rotatable bonds is 10. The lowest BCUT2D eigenvalue weighted by atomic mass is 10.1. The van der Waals surface area contributed by atoms with Crippen molar-refractivity contribution in [1.29, 1.82) is 0 Å². The molecule has 0 saturated heterocycles. The molecule has 1 saturated carbocycles. The molecule has 8 nitrogen and oxygen atoms in total. The van der Waals surface area contributed by atoms with Gasteiger partial charge in [0.05, 0.1) is 35.2 Å². The summed E-state index contributed by atoms with van der Waals surface area (Å²) in [5.41, 5.74) is 10.9. The highest BCUT2D eigenvalue weighted by Gasteiger charge is 2.33. The highest BCUT2D eigenvalue weighted by Crippen LogP contribution is 2.47. The van der Waals surface area contributed by atoms with Gasteiger partial charge in [0.15, 0.2) is 11.5 Å². The molecule has 1 unspecified atom stereocenters. The molecule has 9 heteroatoms. The number of nitrogens with zero attached hydrogens (tertiary/aromatic N) is 5. The van der Waals surface area contributed by atoms with Gasteiger partial charge in [-0.1, -0.05) is 38.1 Å². The molecule has 0 amide bonds. The lowest BCUT2D eigenvalue weighted by molar-refractivity contribution is 0.142. The molecular formula is C30H38N6O2S. The molecule has 0 aliphatic heterocycles. The van der Waals surface area contributed by atoms with Crippen LogP contribution in [0.25, 0.3) is 5.69 Å². The van der Waals surface area contributed by atoms with Gasteiger partial charge >= 0.3 is 0 Å². The molecule has 206 valence electrons. The van der Waals surface area contributed by atoms with E-state index >= 15 is 0 Å². The fourth-order valence-electron chi connectivity index (χ4n) is 4.29. The van der Waals surface area contributed by atoms with E-state index in [1.165, 1.54) is 0 Å². The van der Waals surface area contributed by atoms with E-state index in [2.05, 4.69) is 39.7 Å². The van der Waals surface area contributed by atoms with E-state index in [1.807, 2.05) is 67.1 Å². The fourth-order valence-corrected chi connectivity index (χ4v) is 5.25. The number of nitrogen functional groups attached to an aromatic ring is 1. The van der Waals surface area contributed by atoms with Gasteiger partial charge in [0.2, 0.25) is 0 Å². The van der Waals surface area contributed by atoms with E-state index in [1.54, 1.807) is 26.2 Å². The Morgan fingerprint density at radius 2 is 1.77 bits per heavy atom. The van der Waals surface area contributed by atoms with Crippen molar-refractivity contribution < 1.29 is 9.47 Å². The number of methoxy groups -OCH3 is 2. The minimum atomic E-state index is -0.0540. The van der Waals surface area contributed by atoms with E-state index in [-0.39, 0.29) is 6.10 Å². The lowest BCUT2D eigenvalue weighted by Gasteiger charge is -2.25. The molecule has 5 rings (SSSR count). The summed E-state index contributed by atoms with van der Waals surface area (Å²) in [5.74, 6) is 1.61. The third-order valence-corrected chi connectivity index (χ3v) is 7.70. The number of benzene rings is 2. The SMILES string of the molecule is CC.CCN(SC1=CCC(OC)C=C1N=Nc1c(N)nn(-c2ccccc2)c1C1CC1)c1ccc(OC)cc1. The Hall–Kier alpha value is -3.56. The second kappa shape index (κ2) is 13.5. The van der Waals surface area contributed by atoms with Gasteiger partial charge in [0.25, 0.3) is 0 Å². The monoisotopic (exact) mass is 546 g/mol. The van der Waals surface area contributed by atoms with E-state index in [0.717, 1.165) is 59.2 Å². The van der Waals surface area contributed by atoms with E-state index in [4.69, 9.17) is 20.3 Å². The van der Waals surface area contributed by atoms with Crippen molar-refractivity contribution in [2.75, 3.05) is 30.8 Å². The van der Waals surface area contributed by atoms with E-state index in [0.29, 0.717) is 17.4 Å². The van der Waals surface area contributed by atoms with Crippen LogP contribution in [0.2, 0.25) is 0 Å². The molecule has 0 spiro atoms. The number of nitrogens with two attached hydrogens (primary N) is 1. The molecule has 1 atom stereocenters. The average molecular weight is 547 g/mol. The summed E-state index contributed by atoms with van der Waals surface area (Å²) in [6.07, 6.45) is 7.12. The largest absolute Gasteiger partial charge is 0.497 e. The van der Waals surface area contributed by atoms with Gasteiger partial charge in [-0.25, -0.2) is 4.68 Å². The molecule has 2 aliphatic carbocycles. The van der Waals surface area contributed by atoms with Crippen molar-refractivity contribution in [1.82, 2.24) is 9.78 Å². The molecule has 0 radical (unpaired) electrons. The first-order valence-corrected chi connectivity index (χ1v) is 14.3. The van der Waals surface area contributed by atoms with Crippen LogP contribution in [0, 0.1) is 0 Å². The van der Waals surface area contributed by atoms with Crippen molar-refractivity contribution in [3.63, 3.8) is 0 Å². The molecule has 2 aliphatic rings. The highest BCUT2D eigenvalue weighted by atomic mass is 32.2. The smallest absolute Gasteiger partial charge is 0.174 e. The van der Waals surface area contributed by atoms with Crippen molar-refractivity contribution in [3.8, 4) is 11.4 Å². The molecule has 1 heterocycles. The Morgan fingerprint density at radius 1 is 1.05 bits per heavy atom. The molecule has 2 N–H and O–H groups in total. The molecule has 1 aromatic heterocycles. The van der Waals surface area contributed by atoms with Crippen LogP contribution < -0.4 is 14.8 Å². The zero-order chi connectivity index (χ0) is 27.8. The number of azo groups is 1. The third kappa shape index (κ3) is 6.72. The number of aromatic nitrogens is 2.